The van der Waals surface area contributed by atoms with Gasteiger partial charge in [0.1, 0.15) is 0 Å². The lowest BCUT2D eigenvalue weighted by molar-refractivity contribution is 0.428. The molecule has 0 saturated heterocycles. The predicted molar refractivity (Wildman–Crippen MR) is 78.6 cm³/mol. The topological polar surface area (TPSA) is 63.4 Å². The molecule has 0 aliphatic carbocycles. The third-order valence-corrected chi connectivity index (χ3v) is 5.18. The summed E-state index contributed by atoms with van der Waals surface area (Å²) in [5.74, 6) is 0.459. The van der Waals surface area contributed by atoms with Crippen LogP contribution in [0.25, 0.3) is 0 Å². The average Bonchev–Trinajstić information content (AvgIpc) is 2.35. The summed E-state index contributed by atoms with van der Waals surface area (Å²) in [6, 6.07) is 4.67. The maximum Gasteiger partial charge on any atom is 0.242 e. The van der Waals surface area contributed by atoms with E-state index in [1.165, 1.54) is 10.4 Å². The zero-order valence-corrected chi connectivity index (χ0v) is 13.1. The highest BCUT2D eigenvalue weighted by Gasteiger charge is 2.21. The van der Waals surface area contributed by atoms with Gasteiger partial charge in [0.25, 0.3) is 0 Å². The predicted octanol–water partition coefficient (Wildman–Crippen LogP) is 2.47. The van der Waals surface area contributed by atoms with Crippen LogP contribution >= 0.6 is 11.6 Å². The summed E-state index contributed by atoms with van der Waals surface area (Å²) in [4.78, 5) is 0.209. The van der Waals surface area contributed by atoms with Gasteiger partial charge in [-0.25, -0.2) is 12.7 Å². The lowest BCUT2D eigenvalue weighted by Crippen LogP contribution is -2.28. The van der Waals surface area contributed by atoms with Gasteiger partial charge in [-0.05, 0) is 30.0 Å². The number of hydrogen-bond acceptors (Lipinski definition) is 3. The largest absolute Gasteiger partial charge is 0.326 e. The lowest BCUT2D eigenvalue weighted by atomic mass is 10.1. The van der Waals surface area contributed by atoms with E-state index >= 15 is 0 Å². The Hall–Kier alpha value is -0.620. The molecule has 6 heteroatoms. The van der Waals surface area contributed by atoms with Crippen molar-refractivity contribution in [1.29, 1.82) is 0 Å². The number of rotatable bonds is 6. The fourth-order valence-corrected chi connectivity index (χ4v) is 3.13. The first kappa shape index (κ1) is 16.4. The van der Waals surface area contributed by atoms with Gasteiger partial charge in [-0.3, -0.25) is 0 Å². The zero-order chi connectivity index (χ0) is 14.6. The molecule has 108 valence electrons. The van der Waals surface area contributed by atoms with Gasteiger partial charge in [0.2, 0.25) is 10.0 Å². The molecule has 0 atom stereocenters. The number of sulfonamides is 1. The molecule has 0 bridgehead atoms. The minimum Gasteiger partial charge on any atom is -0.326 e. The Morgan fingerprint density at radius 3 is 2.47 bits per heavy atom. The van der Waals surface area contributed by atoms with Crippen molar-refractivity contribution in [3.8, 4) is 0 Å². The quantitative estimate of drug-likeness (QED) is 0.878. The number of benzene rings is 1. The van der Waals surface area contributed by atoms with Crippen LogP contribution in [0.2, 0.25) is 5.02 Å². The standard InChI is InChI=1S/C13H21ClN2O2S/c1-10(2)6-7-16(3)19(17,18)12-5-4-11(9-15)13(14)8-12/h4-5,8,10H,6-7,9,15H2,1-3H3. The van der Waals surface area contributed by atoms with Gasteiger partial charge in [-0.15, -0.1) is 0 Å². The monoisotopic (exact) mass is 304 g/mol. The molecule has 0 fully saturated rings. The van der Waals surface area contributed by atoms with E-state index < -0.39 is 10.0 Å². The van der Waals surface area contributed by atoms with E-state index in [-0.39, 0.29) is 4.90 Å². The maximum absolute atomic E-state index is 12.3. The normalized spacial score (nSPS) is 12.4. The van der Waals surface area contributed by atoms with Crippen LogP contribution in [-0.4, -0.2) is 26.3 Å². The molecule has 0 unspecified atom stereocenters. The van der Waals surface area contributed by atoms with Crippen molar-refractivity contribution in [2.75, 3.05) is 13.6 Å². The van der Waals surface area contributed by atoms with E-state index in [2.05, 4.69) is 13.8 Å². The summed E-state index contributed by atoms with van der Waals surface area (Å²) >= 11 is 6.00. The van der Waals surface area contributed by atoms with E-state index in [1.807, 2.05) is 0 Å². The molecule has 0 amide bonds. The summed E-state index contributed by atoms with van der Waals surface area (Å²) in [7, 11) is -1.89. The smallest absolute Gasteiger partial charge is 0.242 e. The van der Waals surface area contributed by atoms with Crippen LogP contribution in [0.3, 0.4) is 0 Å². The summed E-state index contributed by atoms with van der Waals surface area (Å²) < 4.78 is 26.0. The molecule has 0 spiro atoms. The van der Waals surface area contributed by atoms with Gasteiger partial charge < -0.3 is 5.73 Å². The second-order valence-corrected chi connectivity index (χ2v) is 7.42. The van der Waals surface area contributed by atoms with Crippen molar-refractivity contribution in [2.45, 2.75) is 31.7 Å². The van der Waals surface area contributed by atoms with Crippen LogP contribution in [-0.2, 0) is 16.6 Å². The molecule has 0 aliphatic heterocycles. The molecule has 0 heterocycles. The molecule has 0 aromatic heterocycles. The second kappa shape index (κ2) is 6.70. The SMILES string of the molecule is CC(C)CCN(C)S(=O)(=O)c1ccc(CN)c(Cl)c1. The summed E-state index contributed by atoms with van der Waals surface area (Å²) in [6.45, 7) is 4.92. The molecule has 1 rings (SSSR count). The fraction of sp³-hybridized carbons (Fsp3) is 0.538. The Kier molecular flexibility index (Phi) is 5.80. The van der Waals surface area contributed by atoms with E-state index in [9.17, 15) is 8.42 Å². The van der Waals surface area contributed by atoms with E-state index in [0.29, 0.717) is 24.0 Å². The zero-order valence-electron chi connectivity index (χ0n) is 11.6. The summed E-state index contributed by atoms with van der Waals surface area (Å²) in [6.07, 6.45) is 0.824. The first-order chi connectivity index (χ1) is 8.78. The van der Waals surface area contributed by atoms with Crippen LogP contribution in [0, 0.1) is 5.92 Å². The Bertz CT molecular complexity index is 529. The van der Waals surface area contributed by atoms with Gasteiger partial charge in [-0.2, -0.15) is 0 Å². The Balaban J connectivity index is 2.96. The number of halogens is 1. The van der Waals surface area contributed by atoms with Gasteiger partial charge in [-0.1, -0.05) is 31.5 Å². The minimum atomic E-state index is -3.47. The second-order valence-electron chi connectivity index (χ2n) is 4.97. The molecule has 1 aromatic carbocycles. The average molecular weight is 305 g/mol. The first-order valence-corrected chi connectivity index (χ1v) is 8.05. The van der Waals surface area contributed by atoms with E-state index in [4.69, 9.17) is 17.3 Å². The summed E-state index contributed by atoms with van der Waals surface area (Å²) in [5, 5.41) is 0.390. The molecule has 4 nitrogen and oxygen atoms in total. The minimum absolute atomic E-state index is 0.209. The fourth-order valence-electron chi connectivity index (χ4n) is 1.59. The van der Waals surface area contributed by atoms with Gasteiger partial charge in [0, 0.05) is 25.2 Å². The Labute approximate surface area is 120 Å². The van der Waals surface area contributed by atoms with Gasteiger partial charge >= 0.3 is 0 Å². The highest BCUT2D eigenvalue weighted by Crippen LogP contribution is 2.22. The van der Waals surface area contributed by atoms with Gasteiger partial charge in [0.05, 0.1) is 4.90 Å². The number of nitrogens with zero attached hydrogens (tertiary/aromatic N) is 1. The highest BCUT2D eigenvalue weighted by atomic mass is 35.5. The summed E-state index contributed by atoms with van der Waals surface area (Å²) in [5.41, 5.74) is 6.25. The Morgan fingerprint density at radius 2 is 2.00 bits per heavy atom. The third-order valence-electron chi connectivity index (χ3n) is 2.97. The number of hydrogen-bond donors (Lipinski definition) is 1. The molecular weight excluding hydrogens is 284 g/mol. The van der Waals surface area contributed by atoms with Crippen LogP contribution in [0.1, 0.15) is 25.8 Å². The first-order valence-electron chi connectivity index (χ1n) is 6.24. The van der Waals surface area contributed by atoms with Gasteiger partial charge in [0.15, 0.2) is 0 Å². The molecule has 0 saturated carbocycles. The van der Waals surface area contributed by atoms with Crippen LogP contribution < -0.4 is 5.73 Å². The molecule has 2 N–H and O–H groups in total. The van der Waals surface area contributed by atoms with Crippen molar-refractivity contribution in [3.63, 3.8) is 0 Å². The molecule has 0 radical (unpaired) electrons. The van der Waals surface area contributed by atoms with Crippen LogP contribution in [0.4, 0.5) is 0 Å². The van der Waals surface area contributed by atoms with Crippen molar-refractivity contribution in [3.05, 3.63) is 28.8 Å². The molecule has 0 aliphatic rings. The highest BCUT2D eigenvalue weighted by molar-refractivity contribution is 7.89. The van der Waals surface area contributed by atoms with Crippen molar-refractivity contribution in [2.24, 2.45) is 11.7 Å². The molecule has 19 heavy (non-hydrogen) atoms. The van der Waals surface area contributed by atoms with Crippen molar-refractivity contribution < 1.29 is 8.42 Å². The molecular formula is C13H21ClN2O2S. The maximum atomic E-state index is 12.3. The van der Waals surface area contributed by atoms with Crippen molar-refractivity contribution in [1.82, 2.24) is 4.31 Å². The number of nitrogens with two attached hydrogens (primary N) is 1. The van der Waals surface area contributed by atoms with Crippen LogP contribution in [0.5, 0.6) is 0 Å². The van der Waals surface area contributed by atoms with Crippen LogP contribution in [0.15, 0.2) is 23.1 Å². The third kappa shape index (κ3) is 4.18. The van der Waals surface area contributed by atoms with E-state index in [0.717, 1.165) is 12.0 Å². The molecule has 1 aromatic rings. The van der Waals surface area contributed by atoms with Crippen molar-refractivity contribution >= 4 is 21.6 Å². The Morgan fingerprint density at radius 1 is 1.37 bits per heavy atom. The van der Waals surface area contributed by atoms with E-state index in [1.54, 1.807) is 19.2 Å². The lowest BCUT2D eigenvalue weighted by Gasteiger charge is -2.18.